The van der Waals surface area contributed by atoms with Crippen LogP contribution in [0.4, 0.5) is 0 Å². The Balaban J connectivity index is 1.80. The van der Waals surface area contributed by atoms with Gasteiger partial charge in [0.15, 0.2) is 0 Å². The van der Waals surface area contributed by atoms with E-state index in [2.05, 4.69) is 92.8 Å². The second kappa shape index (κ2) is 9.74. The fraction of sp³-hybridized carbons (Fsp3) is 0.519. The van der Waals surface area contributed by atoms with Gasteiger partial charge in [0.1, 0.15) is 11.0 Å². The minimum Gasteiger partial charge on any atom is -0.407 e. The Labute approximate surface area is 198 Å². The summed E-state index contributed by atoms with van der Waals surface area (Å²) in [5.41, 5.74) is 0. The maximum absolute atomic E-state index is 12.3. The molecule has 174 valence electrons. The molecule has 0 spiro atoms. The lowest BCUT2D eigenvalue weighted by Gasteiger charge is -2.43. The Morgan fingerprint density at radius 2 is 1.50 bits per heavy atom. The first-order valence-electron chi connectivity index (χ1n) is 11.7. The van der Waals surface area contributed by atoms with Gasteiger partial charge < -0.3 is 4.43 Å². The van der Waals surface area contributed by atoms with Gasteiger partial charge in [-0.05, 0) is 60.4 Å². The quantitative estimate of drug-likeness (QED) is 0.385. The van der Waals surface area contributed by atoms with Crippen molar-refractivity contribution in [2.24, 2.45) is 22.2 Å². The van der Waals surface area contributed by atoms with Crippen LogP contribution in [-0.2, 0) is 15.4 Å². The van der Waals surface area contributed by atoms with E-state index in [-0.39, 0.29) is 9.79 Å². The van der Waals surface area contributed by atoms with Crippen molar-refractivity contribution in [3.8, 4) is 0 Å². The smallest absolute Gasteiger partial charge is 0.261 e. The molecule has 2 aromatic rings. The van der Waals surface area contributed by atoms with Gasteiger partial charge in [-0.25, -0.2) is 4.21 Å². The molecule has 4 atom stereocenters. The van der Waals surface area contributed by atoms with Crippen molar-refractivity contribution >= 4 is 35.9 Å². The second-order valence-electron chi connectivity index (χ2n) is 11.1. The summed E-state index contributed by atoms with van der Waals surface area (Å²) in [5.74, 6) is 1.39. The van der Waals surface area contributed by atoms with Crippen LogP contribution in [0.15, 0.2) is 65.1 Å². The lowest BCUT2D eigenvalue weighted by Crippen LogP contribution is -2.66. The molecule has 0 N–H and O–H groups in total. The average Bonchev–Trinajstić information content (AvgIpc) is 3.52. The van der Waals surface area contributed by atoms with E-state index < -0.39 is 19.3 Å². The largest absolute Gasteiger partial charge is 0.407 e. The molecule has 3 rings (SSSR count). The van der Waals surface area contributed by atoms with E-state index in [0.29, 0.717) is 17.8 Å². The van der Waals surface area contributed by atoms with E-state index in [1.165, 1.54) is 10.4 Å². The molecule has 1 fully saturated rings. The van der Waals surface area contributed by atoms with E-state index >= 15 is 0 Å². The molecule has 0 aliphatic heterocycles. The molecule has 0 unspecified atom stereocenters. The van der Waals surface area contributed by atoms with Gasteiger partial charge >= 0.3 is 0 Å². The highest BCUT2D eigenvalue weighted by Crippen LogP contribution is 2.46. The van der Waals surface area contributed by atoms with Crippen LogP contribution in [0.3, 0.4) is 0 Å². The average molecular weight is 470 g/mol. The number of rotatable bonds is 8. The minimum absolute atomic E-state index is 0.00320. The first-order chi connectivity index (χ1) is 15.0. The highest BCUT2D eigenvalue weighted by atomic mass is 32.2. The zero-order chi connectivity index (χ0) is 23.6. The van der Waals surface area contributed by atoms with Gasteiger partial charge in [-0.3, -0.25) is 0 Å². The summed E-state index contributed by atoms with van der Waals surface area (Å²) in [6, 6.07) is 21.6. The second-order valence-corrected chi connectivity index (χ2v) is 17.3. The summed E-state index contributed by atoms with van der Waals surface area (Å²) in [5, 5.41) is 2.65. The van der Waals surface area contributed by atoms with Crippen LogP contribution >= 0.6 is 0 Å². The number of benzene rings is 2. The molecule has 0 heterocycles. The molecule has 0 saturated heterocycles. The highest BCUT2D eigenvalue weighted by molar-refractivity contribution is 7.85. The normalized spacial score (nSPS) is 21.5. The van der Waals surface area contributed by atoms with E-state index in [0.717, 1.165) is 13.0 Å². The van der Waals surface area contributed by atoms with Crippen molar-refractivity contribution < 1.29 is 8.63 Å². The van der Waals surface area contributed by atoms with Crippen LogP contribution in [-0.4, -0.2) is 30.1 Å². The Kier molecular flexibility index (Phi) is 7.63. The lowest BCUT2D eigenvalue weighted by molar-refractivity contribution is 0.271. The summed E-state index contributed by atoms with van der Waals surface area (Å²) in [6.45, 7) is 15.8. The molecule has 1 saturated carbocycles. The highest BCUT2D eigenvalue weighted by Gasteiger charge is 2.52. The van der Waals surface area contributed by atoms with Gasteiger partial charge in [0.05, 0.1) is 4.75 Å². The summed E-state index contributed by atoms with van der Waals surface area (Å²) in [7, 11) is -3.67. The third-order valence-corrected chi connectivity index (χ3v) is 12.9. The van der Waals surface area contributed by atoms with Crippen molar-refractivity contribution in [3.63, 3.8) is 0 Å². The van der Waals surface area contributed by atoms with Gasteiger partial charge in [-0.15, -0.1) is 0 Å². The third kappa shape index (κ3) is 5.49. The van der Waals surface area contributed by atoms with Crippen LogP contribution < -0.4 is 10.4 Å². The Morgan fingerprint density at radius 1 is 1.00 bits per heavy atom. The summed E-state index contributed by atoms with van der Waals surface area (Å²) in [6.07, 6.45) is 3.06. The molecular weight excluding hydrogens is 430 g/mol. The standard InChI is InChI=1S/C27H39NO2SSi/c1-21(19-28-31(29)26(2,3)4)25-18-22(25)20-30-32(27(5,6)7,23-14-10-8-11-15-23)24-16-12-9-13-17-24/h8-17,19,21-22,25H,18,20H2,1-7H3/b28-19+/t21-,22+,25-,31+/m0/s1. The zero-order valence-corrected chi connectivity index (χ0v) is 22.5. The van der Waals surface area contributed by atoms with Gasteiger partial charge in [-0.2, -0.15) is 4.40 Å². The van der Waals surface area contributed by atoms with Gasteiger partial charge in [0.2, 0.25) is 0 Å². The summed E-state index contributed by atoms with van der Waals surface area (Å²) >= 11 is 0. The third-order valence-electron chi connectivity index (χ3n) is 6.50. The maximum Gasteiger partial charge on any atom is 0.261 e. The number of hydrogen-bond donors (Lipinski definition) is 0. The van der Waals surface area contributed by atoms with Gasteiger partial charge in [0, 0.05) is 12.8 Å². The topological polar surface area (TPSA) is 38.7 Å². The lowest BCUT2D eigenvalue weighted by atomic mass is 10.1. The Morgan fingerprint density at radius 3 is 1.94 bits per heavy atom. The molecule has 0 amide bonds. The first-order valence-corrected chi connectivity index (χ1v) is 14.7. The van der Waals surface area contributed by atoms with Crippen molar-refractivity contribution in [2.45, 2.75) is 64.7 Å². The maximum atomic E-state index is 12.3. The molecule has 32 heavy (non-hydrogen) atoms. The summed E-state index contributed by atoms with van der Waals surface area (Å²) in [4.78, 5) is 0. The fourth-order valence-corrected chi connectivity index (χ4v) is 9.76. The zero-order valence-electron chi connectivity index (χ0n) is 20.7. The molecule has 2 aromatic carbocycles. The SMILES string of the molecule is C[C@@H](/C=N/[S@](=O)C(C)(C)C)[C@@H]1C[C@@H]1CO[Si](c1ccccc1)(c1ccccc1)C(C)(C)C. The van der Waals surface area contributed by atoms with E-state index in [9.17, 15) is 4.21 Å². The molecule has 0 radical (unpaired) electrons. The number of nitrogens with zero attached hydrogens (tertiary/aromatic N) is 1. The minimum atomic E-state index is -2.48. The van der Waals surface area contributed by atoms with E-state index in [4.69, 9.17) is 4.43 Å². The number of hydrogen-bond acceptors (Lipinski definition) is 2. The first kappa shape index (κ1) is 25.1. The van der Waals surface area contributed by atoms with Crippen LogP contribution in [0.5, 0.6) is 0 Å². The fourth-order valence-electron chi connectivity index (χ4n) is 4.52. The molecule has 1 aliphatic carbocycles. The van der Waals surface area contributed by atoms with Crippen LogP contribution in [0.2, 0.25) is 5.04 Å². The molecule has 0 aromatic heterocycles. The van der Waals surface area contributed by atoms with Crippen molar-refractivity contribution in [3.05, 3.63) is 60.7 Å². The van der Waals surface area contributed by atoms with Gasteiger partial charge in [0.25, 0.3) is 8.32 Å². The van der Waals surface area contributed by atoms with Crippen LogP contribution in [0.1, 0.15) is 54.9 Å². The van der Waals surface area contributed by atoms with E-state index in [1.54, 1.807) is 0 Å². The molecule has 3 nitrogen and oxygen atoms in total. The summed E-state index contributed by atoms with van der Waals surface area (Å²) < 4.78 is 23.4. The predicted octanol–water partition coefficient (Wildman–Crippen LogP) is 5.37. The Hall–Kier alpha value is -1.56. The van der Waals surface area contributed by atoms with Crippen molar-refractivity contribution in [1.29, 1.82) is 0 Å². The molecular formula is C27H39NO2SSi. The van der Waals surface area contributed by atoms with E-state index in [1.807, 2.05) is 27.0 Å². The predicted molar refractivity (Wildman–Crippen MR) is 141 cm³/mol. The molecule has 5 heteroatoms. The van der Waals surface area contributed by atoms with Gasteiger partial charge in [-0.1, -0.05) is 88.4 Å². The van der Waals surface area contributed by atoms with Crippen LogP contribution in [0.25, 0.3) is 0 Å². The van der Waals surface area contributed by atoms with Crippen LogP contribution in [0, 0.1) is 17.8 Å². The van der Waals surface area contributed by atoms with Crippen molar-refractivity contribution in [1.82, 2.24) is 0 Å². The Bertz CT molecular complexity index is 892. The monoisotopic (exact) mass is 469 g/mol. The molecule has 1 aliphatic rings. The molecule has 0 bridgehead atoms. The van der Waals surface area contributed by atoms with Crippen molar-refractivity contribution in [2.75, 3.05) is 6.61 Å².